The Balaban J connectivity index is 1.48. The third-order valence-electron chi connectivity index (χ3n) is 6.97. The van der Waals surface area contributed by atoms with Gasteiger partial charge < -0.3 is 25.4 Å². The fourth-order valence-electron chi connectivity index (χ4n) is 5.11. The fraction of sp³-hybridized carbons (Fsp3) is 0.500. The molecule has 1 aromatic carbocycles. The maximum absolute atomic E-state index is 11.9. The minimum Gasteiger partial charge on any atom is -0.480 e. The van der Waals surface area contributed by atoms with Crippen LogP contribution in [0.15, 0.2) is 30.5 Å². The summed E-state index contributed by atoms with van der Waals surface area (Å²) < 4.78 is 7.75. The van der Waals surface area contributed by atoms with Crippen LogP contribution in [0.3, 0.4) is 0 Å². The number of aromatic nitrogens is 4. The van der Waals surface area contributed by atoms with Crippen LogP contribution in [0.2, 0.25) is 0 Å². The average Bonchev–Trinajstić information content (AvgIpc) is 3.33. The zero-order valence-electron chi connectivity index (χ0n) is 21.8. The molecule has 2 aromatic heterocycles. The molecule has 2 fully saturated rings. The molecule has 5 rings (SSSR count). The van der Waals surface area contributed by atoms with Gasteiger partial charge in [0.25, 0.3) is 0 Å². The Morgan fingerprint density at radius 1 is 1.13 bits per heavy atom. The number of morpholine rings is 1. The number of hydrogen-bond acceptors (Lipinski definition) is 8. The van der Waals surface area contributed by atoms with E-state index in [0.717, 1.165) is 48.3 Å². The van der Waals surface area contributed by atoms with Gasteiger partial charge >= 0.3 is 12.0 Å². The van der Waals surface area contributed by atoms with Gasteiger partial charge in [0.2, 0.25) is 0 Å². The van der Waals surface area contributed by atoms with Crippen molar-refractivity contribution in [2.45, 2.75) is 38.8 Å². The monoisotopic (exact) mass is 522 g/mol. The van der Waals surface area contributed by atoms with Crippen molar-refractivity contribution in [3.05, 3.63) is 30.5 Å². The van der Waals surface area contributed by atoms with Gasteiger partial charge in [0.05, 0.1) is 36.9 Å². The van der Waals surface area contributed by atoms with E-state index in [-0.39, 0.29) is 24.7 Å². The molecular weight excluding hydrogens is 488 g/mol. The lowest BCUT2D eigenvalue weighted by Crippen LogP contribution is -2.41. The minimum atomic E-state index is -0.804. The molecule has 38 heavy (non-hydrogen) atoms. The third-order valence-corrected chi connectivity index (χ3v) is 6.97. The van der Waals surface area contributed by atoms with E-state index in [9.17, 15) is 9.59 Å². The minimum absolute atomic E-state index is 0.0587. The highest BCUT2D eigenvalue weighted by molar-refractivity contribution is 5.90. The van der Waals surface area contributed by atoms with Crippen molar-refractivity contribution in [2.24, 2.45) is 0 Å². The van der Waals surface area contributed by atoms with Crippen molar-refractivity contribution in [1.82, 2.24) is 30.0 Å². The van der Waals surface area contributed by atoms with Gasteiger partial charge in [-0.1, -0.05) is 0 Å². The van der Waals surface area contributed by atoms with Crippen molar-refractivity contribution < 1.29 is 19.4 Å². The van der Waals surface area contributed by atoms with Gasteiger partial charge in [-0.05, 0) is 51.0 Å². The van der Waals surface area contributed by atoms with Crippen LogP contribution in [-0.2, 0) is 9.53 Å². The van der Waals surface area contributed by atoms with E-state index in [1.807, 2.05) is 47.0 Å². The van der Waals surface area contributed by atoms with E-state index in [4.69, 9.17) is 24.9 Å². The predicted octanol–water partition coefficient (Wildman–Crippen LogP) is 2.58. The van der Waals surface area contributed by atoms with Crippen molar-refractivity contribution in [3.8, 4) is 11.4 Å². The summed E-state index contributed by atoms with van der Waals surface area (Å²) in [5.74, 6) is 0.613. The Morgan fingerprint density at radius 3 is 2.58 bits per heavy atom. The highest BCUT2D eigenvalue weighted by Gasteiger charge is 2.27. The quantitative estimate of drug-likeness (QED) is 0.427. The second-order valence-corrected chi connectivity index (χ2v) is 9.79. The number of piperidine rings is 1. The van der Waals surface area contributed by atoms with Crippen LogP contribution >= 0.6 is 0 Å². The maximum atomic E-state index is 11.9. The number of aliphatic carboxylic acids is 1. The lowest BCUT2D eigenvalue weighted by molar-refractivity contribution is -0.138. The number of fused-ring (bicyclic) bond motifs is 1. The van der Waals surface area contributed by atoms with Crippen LogP contribution in [0, 0.1) is 0 Å². The van der Waals surface area contributed by atoms with Gasteiger partial charge in [0.15, 0.2) is 11.5 Å². The molecule has 1 atom stereocenters. The molecule has 12 nitrogen and oxygen atoms in total. The SMILES string of the molecule is CCNC(=O)Nc1ccc(-c2nc(N3CCOC(C)C3)c3cnn(C4CCN(CC(=O)O)CC4)c3n2)cc1. The number of ether oxygens (including phenoxy) is 1. The standard InChI is InChI=1S/C26H34N8O4/c1-3-27-26(37)29-19-6-4-18(5-7-19)23-30-24(33-12-13-38-17(2)15-33)21-14-28-34(25(21)31-23)20-8-10-32(11-9-20)16-22(35)36/h4-7,14,17,20H,3,8-13,15-16H2,1-2H3,(H,35,36)(H2,27,29,37). The molecular formula is C26H34N8O4. The third kappa shape index (κ3) is 5.70. The Kier molecular flexibility index (Phi) is 7.70. The summed E-state index contributed by atoms with van der Waals surface area (Å²) in [6, 6.07) is 7.35. The number of rotatable bonds is 7. The molecule has 0 radical (unpaired) electrons. The van der Waals surface area contributed by atoms with Gasteiger partial charge in [0.1, 0.15) is 5.82 Å². The summed E-state index contributed by atoms with van der Waals surface area (Å²) in [5.41, 5.74) is 2.28. The highest BCUT2D eigenvalue weighted by Crippen LogP contribution is 2.32. The van der Waals surface area contributed by atoms with Crippen molar-refractivity contribution in [3.63, 3.8) is 0 Å². The van der Waals surface area contributed by atoms with Crippen molar-refractivity contribution in [1.29, 1.82) is 0 Å². The molecule has 2 aliphatic heterocycles. The molecule has 202 valence electrons. The summed E-state index contributed by atoms with van der Waals surface area (Å²) in [6.45, 7) is 8.00. The average molecular weight is 523 g/mol. The van der Waals surface area contributed by atoms with Gasteiger partial charge in [-0.25, -0.2) is 19.4 Å². The summed E-state index contributed by atoms with van der Waals surface area (Å²) in [5, 5.41) is 20.3. The first kappa shape index (κ1) is 25.9. The van der Waals surface area contributed by atoms with Gasteiger partial charge in [0, 0.05) is 44.0 Å². The molecule has 3 aromatic rings. The van der Waals surface area contributed by atoms with Crippen LogP contribution in [0.25, 0.3) is 22.4 Å². The largest absolute Gasteiger partial charge is 0.480 e. The second kappa shape index (κ2) is 11.3. The molecule has 1 unspecified atom stereocenters. The fourth-order valence-corrected chi connectivity index (χ4v) is 5.11. The zero-order valence-corrected chi connectivity index (χ0v) is 21.8. The first-order valence-corrected chi connectivity index (χ1v) is 13.1. The predicted molar refractivity (Wildman–Crippen MR) is 143 cm³/mol. The van der Waals surface area contributed by atoms with E-state index >= 15 is 0 Å². The van der Waals surface area contributed by atoms with Crippen LogP contribution in [-0.4, -0.2) is 93.7 Å². The number of likely N-dealkylation sites (tertiary alicyclic amines) is 1. The van der Waals surface area contributed by atoms with E-state index in [1.54, 1.807) is 0 Å². The topological polar surface area (TPSA) is 138 Å². The molecule has 3 N–H and O–H groups in total. The molecule has 0 aliphatic carbocycles. The number of benzene rings is 1. The second-order valence-electron chi connectivity index (χ2n) is 9.79. The summed E-state index contributed by atoms with van der Waals surface area (Å²) in [6.07, 6.45) is 3.53. The summed E-state index contributed by atoms with van der Waals surface area (Å²) >= 11 is 0. The Labute approximate surface area is 221 Å². The molecule has 12 heteroatoms. The number of carbonyl (C=O) groups is 2. The summed E-state index contributed by atoms with van der Waals surface area (Å²) in [4.78, 5) is 37.2. The molecule has 0 bridgehead atoms. The first-order valence-electron chi connectivity index (χ1n) is 13.1. The smallest absolute Gasteiger partial charge is 0.319 e. The van der Waals surface area contributed by atoms with Crippen molar-refractivity contribution in [2.75, 3.05) is 56.1 Å². The molecule has 4 heterocycles. The number of nitrogens with zero attached hydrogens (tertiary/aromatic N) is 6. The van der Waals surface area contributed by atoms with Crippen LogP contribution < -0.4 is 15.5 Å². The number of carbonyl (C=O) groups excluding carboxylic acids is 1. The van der Waals surface area contributed by atoms with Crippen molar-refractivity contribution >= 4 is 34.5 Å². The van der Waals surface area contributed by atoms with Gasteiger partial charge in [-0.3, -0.25) is 9.69 Å². The lowest BCUT2D eigenvalue weighted by Gasteiger charge is -2.33. The zero-order chi connectivity index (χ0) is 26.6. The lowest BCUT2D eigenvalue weighted by atomic mass is 10.1. The van der Waals surface area contributed by atoms with E-state index in [0.29, 0.717) is 37.8 Å². The number of amides is 2. The number of carboxylic acid groups (broad SMARTS) is 1. The molecule has 0 saturated carbocycles. The van der Waals surface area contributed by atoms with Gasteiger partial charge in [-0.15, -0.1) is 0 Å². The van der Waals surface area contributed by atoms with E-state index in [1.165, 1.54) is 0 Å². The normalized spacial score (nSPS) is 19.0. The molecule has 2 saturated heterocycles. The van der Waals surface area contributed by atoms with Gasteiger partial charge in [-0.2, -0.15) is 5.10 Å². The first-order chi connectivity index (χ1) is 18.4. The Hall–Kier alpha value is -3.77. The summed E-state index contributed by atoms with van der Waals surface area (Å²) in [7, 11) is 0. The molecule has 0 spiro atoms. The molecule has 2 amide bonds. The van der Waals surface area contributed by atoms with Crippen LogP contribution in [0.4, 0.5) is 16.3 Å². The number of hydrogen-bond donors (Lipinski definition) is 3. The van der Waals surface area contributed by atoms with E-state index in [2.05, 4.69) is 22.5 Å². The highest BCUT2D eigenvalue weighted by atomic mass is 16.5. The number of urea groups is 1. The van der Waals surface area contributed by atoms with Crippen LogP contribution in [0.5, 0.6) is 0 Å². The molecule has 2 aliphatic rings. The van der Waals surface area contributed by atoms with Crippen LogP contribution in [0.1, 0.15) is 32.7 Å². The number of nitrogens with one attached hydrogen (secondary N) is 2. The number of carboxylic acids is 1. The van der Waals surface area contributed by atoms with E-state index < -0.39 is 5.97 Å². The Bertz CT molecular complexity index is 1290. The Morgan fingerprint density at radius 2 is 1.89 bits per heavy atom. The number of anilines is 2. The maximum Gasteiger partial charge on any atom is 0.319 e.